The Morgan fingerprint density at radius 3 is 2.55 bits per heavy atom. The average Bonchev–Trinajstić information content (AvgIpc) is 3.28. The lowest BCUT2D eigenvalue weighted by atomic mass is 10.2. The third-order valence-electron chi connectivity index (χ3n) is 5.21. The van der Waals surface area contributed by atoms with E-state index in [2.05, 4.69) is 30.5 Å². The number of pyridine rings is 1. The molecule has 4 rings (SSSR count). The van der Waals surface area contributed by atoms with E-state index >= 15 is 0 Å². The highest BCUT2D eigenvalue weighted by Gasteiger charge is 2.19. The second kappa shape index (κ2) is 9.33. The predicted molar refractivity (Wildman–Crippen MR) is 120 cm³/mol. The molecule has 0 radical (unpaired) electrons. The molecule has 4 aromatic rings. The van der Waals surface area contributed by atoms with Crippen LogP contribution in [-0.2, 0) is 11.3 Å². The summed E-state index contributed by atoms with van der Waals surface area (Å²) < 4.78 is 27.5. The van der Waals surface area contributed by atoms with E-state index in [1.807, 2.05) is 20.8 Å². The molecule has 0 aliphatic heterocycles. The fourth-order valence-electron chi connectivity index (χ4n) is 3.61. The smallest absolute Gasteiger partial charge is 0.163 e. The number of rotatable bonds is 8. The zero-order chi connectivity index (χ0) is 23.5. The lowest BCUT2D eigenvalue weighted by Crippen LogP contribution is -2.11. The van der Waals surface area contributed by atoms with E-state index in [1.54, 1.807) is 35.7 Å². The van der Waals surface area contributed by atoms with Crippen molar-refractivity contribution in [3.63, 3.8) is 0 Å². The van der Waals surface area contributed by atoms with E-state index in [4.69, 9.17) is 9.47 Å². The monoisotopic (exact) mass is 452 g/mol. The molecule has 0 atom stereocenters. The van der Waals surface area contributed by atoms with Crippen LogP contribution in [-0.4, -0.2) is 55.3 Å². The summed E-state index contributed by atoms with van der Waals surface area (Å²) in [5.41, 5.74) is 3.68. The first-order valence-electron chi connectivity index (χ1n) is 10.3. The van der Waals surface area contributed by atoms with Gasteiger partial charge in [0.25, 0.3) is 0 Å². The summed E-state index contributed by atoms with van der Waals surface area (Å²) in [5.74, 6) is 2.20. The van der Waals surface area contributed by atoms with Crippen LogP contribution in [0.4, 0.5) is 16.0 Å². The standard InChI is InChI=1S/C22H25FN8O2/c1-13-20(17-7-6-16(23)11-24-17)29-30(8-9-32-4)22(13)27-18-10-19(26-12-25-18)31-15(3)21(33-5)14(2)28-31/h6-7,10-12H,8-9H2,1-5H3,(H,25,26,27). The Bertz CT molecular complexity index is 1270. The number of nitrogens with zero attached hydrogens (tertiary/aromatic N) is 7. The molecule has 4 heterocycles. The largest absolute Gasteiger partial charge is 0.493 e. The second-order valence-electron chi connectivity index (χ2n) is 7.40. The summed E-state index contributed by atoms with van der Waals surface area (Å²) in [5, 5.41) is 12.5. The van der Waals surface area contributed by atoms with Crippen molar-refractivity contribution in [1.82, 2.24) is 34.5 Å². The number of methoxy groups -OCH3 is 2. The molecule has 33 heavy (non-hydrogen) atoms. The summed E-state index contributed by atoms with van der Waals surface area (Å²) in [6, 6.07) is 4.76. The van der Waals surface area contributed by atoms with Crippen LogP contribution in [0.2, 0.25) is 0 Å². The van der Waals surface area contributed by atoms with E-state index in [0.29, 0.717) is 41.9 Å². The average molecular weight is 452 g/mol. The maximum Gasteiger partial charge on any atom is 0.163 e. The molecular weight excluding hydrogens is 427 g/mol. The summed E-state index contributed by atoms with van der Waals surface area (Å²) in [4.78, 5) is 12.9. The van der Waals surface area contributed by atoms with Crippen LogP contribution >= 0.6 is 0 Å². The van der Waals surface area contributed by atoms with Crippen molar-refractivity contribution in [2.75, 3.05) is 26.1 Å². The van der Waals surface area contributed by atoms with Crippen molar-refractivity contribution in [1.29, 1.82) is 0 Å². The van der Waals surface area contributed by atoms with Crippen LogP contribution in [0.3, 0.4) is 0 Å². The van der Waals surface area contributed by atoms with Gasteiger partial charge in [-0.1, -0.05) is 0 Å². The molecule has 11 heteroatoms. The molecule has 0 aliphatic carbocycles. The molecule has 1 N–H and O–H groups in total. The molecule has 0 saturated carbocycles. The fraction of sp³-hybridized carbons (Fsp3) is 0.318. The van der Waals surface area contributed by atoms with E-state index in [9.17, 15) is 4.39 Å². The van der Waals surface area contributed by atoms with Crippen LogP contribution in [0.15, 0.2) is 30.7 Å². The highest BCUT2D eigenvalue weighted by molar-refractivity contribution is 5.69. The number of nitrogens with one attached hydrogen (secondary N) is 1. The minimum absolute atomic E-state index is 0.400. The van der Waals surface area contributed by atoms with Crippen molar-refractivity contribution >= 4 is 11.6 Å². The van der Waals surface area contributed by atoms with Gasteiger partial charge in [0, 0.05) is 18.7 Å². The molecule has 0 fully saturated rings. The number of ether oxygens (including phenoxy) is 2. The summed E-state index contributed by atoms with van der Waals surface area (Å²) in [7, 11) is 3.25. The first kappa shape index (κ1) is 22.3. The first-order chi connectivity index (χ1) is 15.9. The molecule has 0 spiro atoms. The van der Waals surface area contributed by atoms with Gasteiger partial charge in [0.2, 0.25) is 0 Å². The quantitative estimate of drug-likeness (QED) is 0.434. The zero-order valence-corrected chi connectivity index (χ0v) is 19.1. The van der Waals surface area contributed by atoms with Crippen molar-refractivity contribution < 1.29 is 13.9 Å². The Balaban J connectivity index is 1.71. The Labute approximate surface area is 190 Å². The number of hydrogen-bond donors (Lipinski definition) is 1. The summed E-state index contributed by atoms with van der Waals surface area (Å²) >= 11 is 0. The minimum Gasteiger partial charge on any atom is -0.493 e. The van der Waals surface area contributed by atoms with Crippen LogP contribution in [0, 0.1) is 26.6 Å². The van der Waals surface area contributed by atoms with E-state index in [-0.39, 0.29) is 0 Å². The minimum atomic E-state index is -0.400. The zero-order valence-electron chi connectivity index (χ0n) is 19.1. The predicted octanol–water partition coefficient (Wildman–Crippen LogP) is 3.38. The van der Waals surface area contributed by atoms with Crippen molar-refractivity contribution in [2.24, 2.45) is 0 Å². The van der Waals surface area contributed by atoms with Gasteiger partial charge in [-0.15, -0.1) is 0 Å². The van der Waals surface area contributed by atoms with Crippen molar-refractivity contribution in [3.05, 3.63) is 53.5 Å². The topological polar surface area (TPSA) is 105 Å². The van der Waals surface area contributed by atoms with Gasteiger partial charge in [-0.25, -0.2) is 23.7 Å². The van der Waals surface area contributed by atoms with Crippen LogP contribution in [0.5, 0.6) is 5.75 Å². The van der Waals surface area contributed by atoms with Gasteiger partial charge < -0.3 is 14.8 Å². The van der Waals surface area contributed by atoms with Gasteiger partial charge in [-0.05, 0) is 32.9 Å². The molecular formula is C22H25FN8O2. The SMILES string of the molecule is COCCn1nc(-c2ccc(F)cn2)c(C)c1Nc1cc(-n2nc(C)c(OC)c2C)ncn1. The van der Waals surface area contributed by atoms with Gasteiger partial charge >= 0.3 is 0 Å². The number of anilines is 2. The third-order valence-corrected chi connectivity index (χ3v) is 5.21. The molecule has 0 aliphatic rings. The lowest BCUT2D eigenvalue weighted by Gasteiger charge is -2.11. The number of aromatic nitrogens is 7. The van der Waals surface area contributed by atoms with Crippen molar-refractivity contribution in [3.8, 4) is 23.0 Å². The molecule has 0 unspecified atom stereocenters. The lowest BCUT2D eigenvalue weighted by molar-refractivity contribution is 0.184. The van der Waals surface area contributed by atoms with Gasteiger partial charge in [-0.2, -0.15) is 10.2 Å². The molecule has 0 aromatic carbocycles. The summed E-state index contributed by atoms with van der Waals surface area (Å²) in [6.07, 6.45) is 2.64. The molecule has 10 nitrogen and oxygen atoms in total. The van der Waals surface area contributed by atoms with E-state index in [0.717, 1.165) is 22.8 Å². The first-order valence-corrected chi connectivity index (χ1v) is 10.3. The molecule has 4 aromatic heterocycles. The molecule has 0 saturated heterocycles. The maximum absolute atomic E-state index is 13.4. The van der Waals surface area contributed by atoms with Crippen LogP contribution in [0.25, 0.3) is 17.2 Å². The van der Waals surface area contributed by atoms with Gasteiger partial charge in [0.1, 0.15) is 35.2 Å². The fourth-order valence-corrected chi connectivity index (χ4v) is 3.61. The van der Waals surface area contributed by atoms with E-state index in [1.165, 1.54) is 18.6 Å². The normalized spacial score (nSPS) is 11.1. The Morgan fingerprint density at radius 2 is 1.88 bits per heavy atom. The van der Waals surface area contributed by atoms with Crippen molar-refractivity contribution in [2.45, 2.75) is 27.3 Å². The summed E-state index contributed by atoms with van der Waals surface area (Å²) in [6.45, 7) is 6.69. The second-order valence-corrected chi connectivity index (χ2v) is 7.40. The molecule has 0 amide bonds. The molecule has 0 bridgehead atoms. The van der Waals surface area contributed by atoms with Crippen LogP contribution < -0.4 is 10.1 Å². The third kappa shape index (κ3) is 4.40. The van der Waals surface area contributed by atoms with Gasteiger partial charge in [-0.3, -0.25) is 4.98 Å². The van der Waals surface area contributed by atoms with Gasteiger partial charge in [0.15, 0.2) is 11.6 Å². The Kier molecular flexibility index (Phi) is 6.31. The number of halogens is 1. The highest BCUT2D eigenvalue weighted by atomic mass is 19.1. The Hall–Kier alpha value is -3.86. The number of aryl methyl sites for hydroxylation is 1. The van der Waals surface area contributed by atoms with Crippen LogP contribution in [0.1, 0.15) is 17.0 Å². The Morgan fingerprint density at radius 1 is 1.06 bits per heavy atom. The van der Waals surface area contributed by atoms with E-state index < -0.39 is 5.82 Å². The molecule has 172 valence electrons. The highest BCUT2D eigenvalue weighted by Crippen LogP contribution is 2.30. The maximum atomic E-state index is 13.4. The van der Waals surface area contributed by atoms with Gasteiger partial charge in [0.05, 0.1) is 37.8 Å². The number of hydrogen-bond acceptors (Lipinski definition) is 8.